The van der Waals surface area contributed by atoms with Gasteiger partial charge in [-0.25, -0.2) is 8.78 Å². The van der Waals surface area contributed by atoms with Gasteiger partial charge in [-0.2, -0.15) is 8.78 Å². The molecule has 1 aliphatic rings. The maximum atomic E-state index is 13.8. The Bertz CT molecular complexity index is 525. The summed E-state index contributed by atoms with van der Waals surface area (Å²) in [4.78, 5) is 0. The van der Waals surface area contributed by atoms with E-state index in [4.69, 9.17) is 0 Å². The van der Waals surface area contributed by atoms with Crippen molar-refractivity contribution >= 4 is 0 Å². The van der Waals surface area contributed by atoms with Gasteiger partial charge in [0.25, 0.3) is 0 Å². The number of ether oxygens (including phenoxy) is 1. The molecule has 0 amide bonds. The van der Waals surface area contributed by atoms with Crippen molar-refractivity contribution < 1.29 is 22.3 Å². The molecule has 0 radical (unpaired) electrons. The molecule has 1 saturated carbocycles. The van der Waals surface area contributed by atoms with Crippen LogP contribution < -0.4 is 4.74 Å². The van der Waals surface area contributed by atoms with E-state index in [-0.39, 0.29) is 5.92 Å². The van der Waals surface area contributed by atoms with Gasteiger partial charge in [-0.3, -0.25) is 0 Å². The smallest absolute Gasteiger partial charge is 0.387 e. The highest BCUT2D eigenvalue weighted by Crippen LogP contribution is 2.39. The van der Waals surface area contributed by atoms with E-state index < -0.39 is 24.0 Å². The van der Waals surface area contributed by atoms with Gasteiger partial charge >= 0.3 is 6.61 Å². The fraction of sp³-hybridized carbons (Fsp3) is 0.579. The summed E-state index contributed by atoms with van der Waals surface area (Å²) in [6, 6.07) is 2.26. The van der Waals surface area contributed by atoms with E-state index in [1.807, 2.05) is 0 Å². The summed E-state index contributed by atoms with van der Waals surface area (Å²) in [5.41, 5.74) is 0.534. The zero-order valence-corrected chi connectivity index (χ0v) is 13.9. The minimum absolute atomic E-state index is 0.0745. The third kappa shape index (κ3) is 5.25. The first-order chi connectivity index (χ1) is 11.5. The lowest BCUT2D eigenvalue weighted by molar-refractivity contribution is -0.0546. The van der Waals surface area contributed by atoms with Gasteiger partial charge in [-0.1, -0.05) is 25.5 Å². The van der Waals surface area contributed by atoms with E-state index in [2.05, 4.69) is 23.8 Å². The van der Waals surface area contributed by atoms with Gasteiger partial charge < -0.3 is 4.74 Å². The molecule has 0 aromatic heterocycles. The van der Waals surface area contributed by atoms with Crippen LogP contribution in [-0.2, 0) is 0 Å². The number of unbranched alkanes of at least 4 members (excludes halogenated alkanes) is 1. The molecule has 0 bridgehead atoms. The Hall–Kier alpha value is -1.52. The number of alkyl halides is 2. The first-order valence-corrected chi connectivity index (χ1v) is 8.60. The molecule has 0 spiro atoms. The third-order valence-electron chi connectivity index (χ3n) is 4.64. The monoisotopic (exact) mass is 344 g/mol. The van der Waals surface area contributed by atoms with Gasteiger partial charge in [0, 0.05) is 0 Å². The molecule has 0 unspecified atom stereocenters. The molecule has 2 rings (SSSR count). The Balaban J connectivity index is 1.94. The van der Waals surface area contributed by atoms with Crippen molar-refractivity contribution in [1.82, 2.24) is 0 Å². The van der Waals surface area contributed by atoms with Crippen LogP contribution in [0.4, 0.5) is 17.6 Å². The number of rotatable bonds is 7. The molecule has 0 atom stereocenters. The fourth-order valence-electron chi connectivity index (χ4n) is 3.32. The average molecular weight is 344 g/mol. The molecular formula is C19H24F4O. The molecule has 1 nitrogen and oxygen atoms in total. The van der Waals surface area contributed by atoms with Crippen LogP contribution in [0.5, 0.6) is 5.75 Å². The number of allylic oxidation sites excluding steroid dienone is 2. The largest absolute Gasteiger partial charge is 0.429 e. The molecule has 0 N–H and O–H groups in total. The minimum Gasteiger partial charge on any atom is -0.429 e. The van der Waals surface area contributed by atoms with Crippen molar-refractivity contribution in [1.29, 1.82) is 0 Å². The molecule has 1 fully saturated rings. The van der Waals surface area contributed by atoms with Crippen LogP contribution in [0, 0.1) is 17.6 Å². The second kappa shape index (κ2) is 9.09. The second-order valence-electron chi connectivity index (χ2n) is 6.41. The Morgan fingerprint density at radius 2 is 1.71 bits per heavy atom. The molecule has 1 aromatic carbocycles. The molecule has 134 valence electrons. The number of hydrogen-bond acceptors (Lipinski definition) is 1. The molecule has 0 aliphatic heterocycles. The average Bonchev–Trinajstić information content (AvgIpc) is 2.55. The minimum atomic E-state index is -3.24. The van der Waals surface area contributed by atoms with Gasteiger partial charge in [0.05, 0.1) is 0 Å². The lowest BCUT2D eigenvalue weighted by Crippen LogP contribution is -2.14. The van der Waals surface area contributed by atoms with Crippen LogP contribution in [0.15, 0.2) is 24.3 Å². The maximum absolute atomic E-state index is 13.8. The van der Waals surface area contributed by atoms with E-state index in [0.717, 1.165) is 57.1 Å². The van der Waals surface area contributed by atoms with E-state index in [0.29, 0.717) is 11.5 Å². The van der Waals surface area contributed by atoms with Crippen molar-refractivity contribution in [2.45, 2.75) is 64.4 Å². The zero-order chi connectivity index (χ0) is 17.5. The lowest BCUT2D eigenvalue weighted by Gasteiger charge is -2.28. The van der Waals surface area contributed by atoms with Crippen LogP contribution in [0.1, 0.15) is 63.4 Å². The predicted octanol–water partition coefficient (Wildman–Crippen LogP) is 6.59. The summed E-state index contributed by atoms with van der Waals surface area (Å²) in [6.07, 6.45) is 11.5. The molecule has 0 saturated heterocycles. The van der Waals surface area contributed by atoms with Gasteiger partial charge in [-0.05, 0) is 68.1 Å². The van der Waals surface area contributed by atoms with Crippen molar-refractivity contribution in [2.75, 3.05) is 0 Å². The summed E-state index contributed by atoms with van der Waals surface area (Å²) in [6.45, 7) is -1.10. The molecule has 1 aliphatic carbocycles. The summed E-state index contributed by atoms with van der Waals surface area (Å²) in [5, 5.41) is 0. The number of benzene rings is 1. The van der Waals surface area contributed by atoms with Crippen LogP contribution in [0.2, 0.25) is 0 Å². The van der Waals surface area contributed by atoms with E-state index in [1.54, 1.807) is 0 Å². The van der Waals surface area contributed by atoms with Crippen LogP contribution >= 0.6 is 0 Å². The third-order valence-corrected chi connectivity index (χ3v) is 4.64. The summed E-state index contributed by atoms with van der Waals surface area (Å²) in [5.74, 6) is -2.43. The predicted molar refractivity (Wildman–Crippen MR) is 86.4 cm³/mol. The van der Waals surface area contributed by atoms with Gasteiger partial charge in [0.15, 0.2) is 17.4 Å². The Labute approximate surface area is 140 Å². The van der Waals surface area contributed by atoms with Crippen molar-refractivity contribution in [3.05, 3.63) is 41.5 Å². The van der Waals surface area contributed by atoms with Gasteiger partial charge in [0.2, 0.25) is 0 Å². The first kappa shape index (κ1) is 18.8. The maximum Gasteiger partial charge on any atom is 0.387 e. The molecular weight excluding hydrogens is 320 g/mol. The molecule has 0 heterocycles. The van der Waals surface area contributed by atoms with Crippen LogP contribution in [0.25, 0.3) is 0 Å². The number of halogens is 4. The quantitative estimate of drug-likeness (QED) is 0.401. The molecule has 1 aromatic rings. The first-order valence-electron chi connectivity index (χ1n) is 8.60. The van der Waals surface area contributed by atoms with Crippen molar-refractivity contribution in [2.24, 2.45) is 5.92 Å². The van der Waals surface area contributed by atoms with E-state index in [1.165, 1.54) is 0 Å². The van der Waals surface area contributed by atoms with Crippen molar-refractivity contribution in [3.8, 4) is 5.75 Å². The normalized spacial score (nSPS) is 21.6. The standard InChI is InChI=1S/C19H24F4O/c1-2-3-4-5-6-13-7-9-14(10-8-13)15-11-16(20)18(17(21)12-15)24-19(22)23/h4-5,11-14,19H,2-3,6-10H2,1H3. The van der Waals surface area contributed by atoms with E-state index >= 15 is 0 Å². The molecule has 5 heteroatoms. The van der Waals surface area contributed by atoms with Crippen LogP contribution in [-0.4, -0.2) is 6.61 Å². The zero-order valence-electron chi connectivity index (χ0n) is 13.9. The number of hydrogen-bond donors (Lipinski definition) is 0. The van der Waals surface area contributed by atoms with E-state index in [9.17, 15) is 17.6 Å². The fourth-order valence-corrected chi connectivity index (χ4v) is 3.32. The summed E-state index contributed by atoms with van der Waals surface area (Å²) in [7, 11) is 0. The Morgan fingerprint density at radius 1 is 1.08 bits per heavy atom. The SMILES string of the molecule is CCCC=CCC1CCC(c2cc(F)c(OC(F)F)c(F)c2)CC1. The summed E-state index contributed by atoms with van der Waals surface area (Å²) >= 11 is 0. The Morgan fingerprint density at radius 3 is 2.25 bits per heavy atom. The highest BCUT2D eigenvalue weighted by molar-refractivity contribution is 5.33. The topological polar surface area (TPSA) is 9.23 Å². The highest BCUT2D eigenvalue weighted by atomic mass is 19.3. The lowest BCUT2D eigenvalue weighted by atomic mass is 9.77. The summed E-state index contributed by atoms with van der Waals surface area (Å²) < 4.78 is 55.9. The second-order valence-corrected chi connectivity index (χ2v) is 6.41. The van der Waals surface area contributed by atoms with Gasteiger partial charge in [0.1, 0.15) is 0 Å². The van der Waals surface area contributed by atoms with Crippen LogP contribution in [0.3, 0.4) is 0 Å². The Kier molecular flexibility index (Phi) is 7.13. The van der Waals surface area contributed by atoms with Gasteiger partial charge in [-0.15, -0.1) is 0 Å². The van der Waals surface area contributed by atoms with Crippen molar-refractivity contribution in [3.63, 3.8) is 0 Å². The molecule has 24 heavy (non-hydrogen) atoms. The highest BCUT2D eigenvalue weighted by Gasteiger charge is 2.24.